The molecule has 0 aliphatic rings. The lowest BCUT2D eigenvalue weighted by molar-refractivity contribution is 0.629. The van der Waals surface area contributed by atoms with E-state index in [0.29, 0.717) is 11.2 Å². The lowest BCUT2D eigenvalue weighted by Crippen LogP contribution is -2.39. The molecule has 2 rings (SSSR count). The van der Waals surface area contributed by atoms with E-state index >= 15 is 0 Å². The van der Waals surface area contributed by atoms with Gasteiger partial charge in [-0.05, 0) is 56.2 Å². The van der Waals surface area contributed by atoms with Crippen molar-refractivity contribution in [2.45, 2.75) is 26.3 Å². The van der Waals surface area contributed by atoms with Crippen molar-refractivity contribution in [2.24, 2.45) is 0 Å². The topological polar surface area (TPSA) is 39.8 Å². The molecule has 19 heavy (non-hydrogen) atoms. The van der Waals surface area contributed by atoms with E-state index in [-0.39, 0.29) is 5.82 Å². The van der Waals surface area contributed by atoms with E-state index in [2.05, 4.69) is 15.6 Å². The SMILES string of the molecule is CC(C)NC(=S)NCCc1c[nH]c2cc(F)ccc12. The minimum atomic E-state index is -0.221. The van der Waals surface area contributed by atoms with Crippen LogP contribution in [-0.2, 0) is 6.42 Å². The van der Waals surface area contributed by atoms with Gasteiger partial charge in [0.1, 0.15) is 5.82 Å². The van der Waals surface area contributed by atoms with Crippen LogP contribution < -0.4 is 10.6 Å². The van der Waals surface area contributed by atoms with Crippen LogP contribution in [-0.4, -0.2) is 22.7 Å². The molecule has 0 atom stereocenters. The maximum Gasteiger partial charge on any atom is 0.166 e. The Morgan fingerprint density at radius 2 is 2.21 bits per heavy atom. The van der Waals surface area contributed by atoms with Gasteiger partial charge in [-0.15, -0.1) is 0 Å². The fraction of sp³-hybridized carbons (Fsp3) is 0.357. The summed E-state index contributed by atoms with van der Waals surface area (Å²) >= 11 is 5.16. The Morgan fingerprint density at radius 1 is 1.42 bits per heavy atom. The first kappa shape index (κ1) is 13.8. The normalized spacial score (nSPS) is 10.9. The molecule has 0 unspecified atom stereocenters. The number of halogens is 1. The van der Waals surface area contributed by atoms with Crippen LogP contribution in [0, 0.1) is 5.82 Å². The Hall–Kier alpha value is -1.62. The molecule has 102 valence electrons. The van der Waals surface area contributed by atoms with Crippen LogP contribution >= 0.6 is 12.2 Å². The number of H-pyrrole nitrogens is 1. The molecule has 1 aromatic heterocycles. The first-order valence-corrected chi connectivity index (χ1v) is 6.77. The third kappa shape index (κ3) is 3.67. The summed E-state index contributed by atoms with van der Waals surface area (Å²) in [5.74, 6) is -0.221. The van der Waals surface area contributed by atoms with Crippen molar-refractivity contribution in [1.29, 1.82) is 0 Å². The molecule has 0 aliphatic carbocycles. The fourth-order valence-electron chi connectivity index (χ4n) is 1.99. The van der Waals surface area contributed by atoms with Gasteiger partial charge in [0, 0.05) is 29.7 Å². The summed E-state index contributed by atoms with van der Waals surface area (Å²) in [6.07, 6.45) is 2.76. The van der Waals surface area contributed by atoms with E-state index in [0.717, 1.165) is 29.4 Å². The summed E-state index contributed by atoms with van der Waals surface area (Å²) in [5.41, 5.74) is 1.99. The van der Waals surface area contributed by atoms with Crippen molar-refractivity contribution < 1.29 is 4.39 Å². The largest absolute Gasteiger partial charge is 0.362 e. The summed E-state index contributed by atoms with van der Waals surface area (Å²) in [4.78, 5) is 3.08. The molecule has 3 N–H and O–H groups in total. The number of thiocarbonyl (C=S) groups is 1. The van der Waals surface area contributed by atoms with Crippen LogP contribution in [0.4, 0.5) is 4.39 Å². The average Bonchev–Trinajstić information content (AvgIpc) is 2.70. The molecule has 0 radical (unpaired) electrons. The lowest BCUT2D eigenvalue weighted by Gasteiger charge is -2.12. The predicted octanol–water partition coefficient (Wildman–Crippen LogP) is 2.72. The molecule has 1 heterocycles. The zero-order chi connectivity index (χ0) is 13.8. The summed E-state index contributed by atoms with van der Waals surface area (Å²) in [6, 6.07) is 5.13. The van der Waals surface area contributed by atoms with Crippen molar-refractivity contribution in [3.8, 4) is 0 Å². The highest BCUT2D eigenvalue weighted by atomic mass is 32.1. The molecule has 0 bridgehead atoms. The third-order valence-electron chi connectivity index (χ3n) is 2.83. The Morgan fingerprint density at radius 3 is 2.95 bits per heavy atom. The Balaban J connectivity index is 1.93. The lowest BCUT2D eigenvalue weighted by atomic mass is 10.1. The fourth-order valence-corrected chi connectivity index (χ4v) is 2.33. The Kier molecular flexibility index (Phi) is 4.37. The number of benzene rings is 1. The minimum absolute atomic E-state index is 0.221. The first-order chi connectivity index (χ1) is 9.06. The number of hydrogen-bond donors (Lipinski definition) is 3. The smallest absolute Gasteiger partial charge is 0.166 e. The molecule has 3 nitrogen and oxygen atoms in total. The summed E-state index contributed by atoms with van der Waals surface area (Å²) < 4.78 is 13.1. The second-order valence-electron chi connectivity index (χ2n) is 4.81. The third-order valence-corrected chi connectivity index (χ3v) is 3.09. The van der Waals surface area contributed by atoms with E-state index in [1.165, 1.54) is 12.1 Å². The van der Waals surface area contributed by atoms with Gasteiger partial charge in [0.25, 0.3) is 0 Å². The molecule has 5 heteroatoms. The van der Waals surface area contributed by atoms with Gasteiger partial charge in [-0.1, -0.05) is 0 Å². The van der Waals surface area contributed by atoms with Gasteiger partial charge >= 0.3 is 0 Å². The van der Waals surface area contributed by atoms with Crippen molar-refractivity contribution >= 4 is 28.2 Å². The van der Waals surface area contributed by atoms with Crippen LogP contribution in [0.15, 0.2) is 24.4 Å². The zero-order valence-corrected chi connectivity index (χ0v) is 11.9. The second kappa shape index (κ2) is 6.02. The number of nitrogens with one attached hydrogen (secondary N) is 3. The average molecular weight is 279 g/mol. The molecule has 1 aromatic carbocycles. The molecule has 0 amide bonds. The first-order valence-electron chi connectivity index (χ1n) is 6.36. The predicted molar refractivity (Wildman–Crippen MR) is 80.8 cm³/mol. The standard InChI is InChI=1S/C14H18FN3S/c1-9(2)18-14(19)16-6-5-10-8-17-13-7-11(15)3-4-12(10)13/h3-4,7-9,17H,5-6H2,1-2H3,(H2,16,18,19). The highest BCUT2D eigenvalue weighted by molar-refractivity contribution is 7.80. The molecule has 0 spiro atoms. The van der Waals surface area contributed by atoms with E-state index < -0.39 is 0 Å². The summed E-state index contributed by atoms with van der Waals surface area (Å²) in [6.45, 7) is 4.84. The minimum Gasteiger partial charge on any atom is -0.362 e. The van der Waals surface area contributed by atoms with Gasteiger partial charge < -0.3 is 15.6 Å². The van der Waals surface area contributed by atoms with E-state index in [4.69, 9.17) is 12.2 Å². The van der Waals surface area contributed by atoms with Crippen LogP contribution in [0.5, 0.6) is 0 Å². The van der Waals surface area contributed by atoms with Crippen LogP contribution in [0.25, 0.3) is 10.9 Å². The molecule has 0 aliphatic heterocycles. The highest BCUT2D eigenvalue weighted by Gasteiger charge is 2.05. The van der Waals surface area contributed by atoms with Gasteiger partial charge in [-0.2, -0.15) is 0 Å². The maximum absolute atomic E-state index is 13.1. The molecular formula is C14H18FN3S. The van der Waals surface area contributed by atoms with E-state index in [1.54, 1.807) is 6.07 Å². The highest BCUT2D eigenvalue weighted by Crippen LogP contribution is 2.19. The summed E-state index contributed by atoms with van der Waals surface area (Å²) in [7, 11) is 0. The van der Waals surface area contributed by atoms with Gasteiger partial charge in [0.15, 0.2) is 5.11 Å². The molecule has 0 saturated carbocycles. The molecular weight excluding hydrogens is 261 g/mol. The van der Waals surface area contributed by atoms with Gasteiger partial charge in [-0.3, -0.25) is 0 Å². The van der Waals surface area contributed by atoms with Crippen LogP contribution in [0.3, 0.4) is 0 Å². The number of aromatic amines is 1. The second-order valence-corrected chi connectivity index (χ2v) is 5.22. The zero-order valence-electron chi connectivity index (χ0n) is 11.1. The number of aromatic nitrogens is 1. The number of fused-ring (bicyclic) bond motifs is 1. The van der Waals surface area contributed by atoms with E-state index in [1.807, 2.05) is 20.0 Å². The number of rotatable bonds is 4. The summed E-state index contributed by atoms with van der Waals surface area (Å²) in [5, 5.41) is 8.02. The number of hydrogen-bond acceptors (Lipinski definition) is 1. The molecule has 0 fully saturated rings. The molecule has 0 saturated heterocycles. The van der Waals surface area contributed by atoms with Crippen LogP contribution in [0.1, 0.15) is 19.4 Å². The maximum atomic E-state index is 13.1. The van der Waals surface area contributed by atoms with Gasteiger partial charge in [0.05, 0.1) is 0 Å². The van der Waals surface area contributed by atoms with Crippen LogP contribution in [0.2, 0.25) is 0 Å². The Bertz CT molecular complexity index is 577. The van der Waals surface area contributed by atoms with Crippen molar-refractivity contribution in [1.82, 2.24) is 15.6 Å². The monoisotopic (exact) mass is 279 g/mol. The van der Waals surface area contributed by atoms with Crippen molar-refractivity contribution in [3.05, 3.63) is 35.8 Å². The Labute approximate surface area is 117 Å². The van der Waals surface area contributed by atoms with Gasteiger partial charge in [-0.25, -0.2) is 4.39 Å². The van der Waals surface area contributed by atoms with Gasteiger partial charge in [0.2, 0.25) is 0 Å². The quantitative estimate of drug-likeness (QED) is 0.754. The van der Waals surface area contributed by atoms with Crippen molar-refractivity contribution in [2.75, 3.05) is 6.54 Å². The molecule has 2 aromatic rings. The van der Waals surface area contributed by atoms with Crippen molar-refractivity contribution in [3.63, 3.8) is 0 Å². The van der Waals surface area contributed by atoms with E-state index in [9.17, 15) is 4.39 Å².